The van der Waals surface area contributed by atoms with E-state index in [4.69, 9.17) is 4.74 Å². The van der Waals surface area contributed by atoms with E-state index < -0.39 is 23.2 Å². The van der Waals surface area contributed by atoms with Gasteiger partial charge in [0, 0.05) is 6.42 Å². The Morgan fingerprint density at radius 1 is 1.14 bits per heavy atom. The summed E-state index contributed by atoms with van der Waals surface area (Å²) in [6.07, 6.45) is -0.935. The van der Waals surface area contributed by atoms with Crippen LogP contribution in [0.2, 0.25) is 0 Å². The SMILES string of the molecule is CC(C)(C)OC(=O)NC(C)(Cc1ccc(O)c(O)c1)C(=O)O. The Morgan fingerprint density at radius 2 is 1.73 bits per heavy atom. The molecule has 1 amide bonds. The number of alkyl carbamates (subject to hydrolysis) is 1. The van der Waals surface area contributed by atoms with E-state index in [1.165, 1.54) is 25.1 Å². The Kier molecular flexibility index (Phi) is 4.91. The number of carbonyl (C=O) groups is 2. The quantitative estimate of drug-likeness (QED) is 0.632. The maximum atomic E-state index is 11.8. The van der Waals surface area contributed by atoms with Crippen LogP contribution in [0.5, 0.6) is 11.5 Å². The number of phenols is 2. The Labute approximate surface area is 128 Å². The number of phenolic OH excluding ortho intramolecular Hbond substituents is 2. The second-order valence-electron chi connectivity index (χ2n) is 6.26. The van der Waals surface area contributed by atoms with Crippen molar-refractivity contribution in [1.29, 1.82) is 0 Å². The van der Waals surface area contributed by atoms with Crippen LogP contribution < -0.4 is 5.32 Å². The summed E-state index contributed by atoms with van der Waals surface area (Å²) in [6.45, 7) is 6.34. The molecule has 0 aromatic heterocycles. The summed E-state index contributed by atoms with van der Waals surface area (Å²) in [5.74, 6) is -1.91. The number of aromatic hydroxyl groups is 2. The number of carboxylic acids is 1. The Morgan fingerprint density at radius 3 is 2.18 bits per heavy atom. The lowest BCUT2D eigenvalue weighted by Gasteiger charge is -2.28. The first-order valence-corrected chi connectivity index (χ1v) is 6.68. The first-order chi connectivity index (χ1) is 9.93. The minimum atomic E-state index is -1.62. The van der Waals surface area contributed by atoms with Crippen molar-refractivity contribution in [2.45, 2.75) is 45.3 Å². The zero-order chi connectivity index (χ0) is 17.1. The molecule has 0 heterocycles. The summed E-state index contributed by atoms with van der Waals surface area (Å²) in [5.41, 5.74) is -1.93. The minimum absolute atomic E-state index is 0.0879. The molecule has 4 N–H and O–H groups in total. The molecule has 0 aliphatic carbocycles. The van der Waals surface area contributed by atoms with Gasteiger partial charge in [0.2, 0.25) is 0 Å². The molecule has 7 heteroatoms. The van der Waals surface area contributed by atoms with E-state index in [9.17, 15) is 24.9 Å². The molecule has 1 atom stereocenters. The summed E-state index contributed by atoms with van der Waals surface area (Å²) in [6, 6.07) is 3.96. The highest BCUT2D eigenvalue weighted by atomic mass is 16.6. The molecule has 0 saturated carbocycles. The van der Waals surface area contributed by atoms with Crippen LogP contribution in [0.4, 0.5) is 4.79 Å². The van der Waals surface area contributed by atoms with Crippen molar-refractivity contribution in [2.24, 2.45) is 0 Å². The third-order valence-corrected chi connectivity index (χ3v) is 2.85. The van der Waals surface area contributed by atoms with E-state index >= 15 is 0 Å². The van der Waals surface area contributed by atoms with Crippen LogP contribution in [-0.2, 0) is 16.0 Å². The molecule has 1 aromatic carbocycles. The van der Waals surface area contributed by atoms with Gasteiger partial charge in [-0.1, -0.05) is 6.07 Å². The first kappa shape index (κ1) is 17.6. The number of carboxylic acid groups (broad SMARTS) is 1. The van der Waals surface area contributed by atoms with Gasteiger partial charge < -0.3 is 25.4 Å². The number of nitrogens with one attached hydrogen (secondary N) is 1. The molecule has 0 aliphatic rings. The van der Waals surface area contributed by atoms with Gasteiger partial charge in [-0.15, -0.1) is 0 Å². The molecule has 0 fully saturated rings. The molecule has 122 valence electrons. The van der Waals surface area contributed by atoms with Crippen molar-refractivity contribution in [3.63, 3.8) is 0 Å². The van der Waals surface area contributed by atoms with Crippen molar-refractivity contribution in [2.75, 3.05) is 0 Å². The second-order valence-corrected chi connectivity index (χ2v) is 6.26. The van der Waals surface area contributed by atoms with Crippen molar-refractivity contribution < 1.29 is 29.6 Å². The number of hydrogen-bond acceptors (Lipinski definition) is 5. The van der Waals surface area contributed by atoms with Crippen molar-refractivity contribution in [3.8, 4) is 11.5 Å². The fourth-order valence-electron chi connectivity index (χ4n) is 1.79. The number of aliphatic carboxylic acids is 1. The highest BCUT2D eigenvalue weighted by Crippen LogP contribution is 2.27. The second kappa shape index (κ2) is 6.13. The van der Waals surface area contributed by atoms with Gasteiger partial charge in [0.1, 0.15) is 11.1 Å². The summed E-state index contributed by atoms with van der Waals surface area (Å²) in [5, 5.41) is 30.4. The number of benzene rings is 1. The molecule has 1 rings (SSSR count). The van der Waals surface area contributed by atoms with E-state index in [1.54, 1.807) is 20.8 Å². The summed E-state index contributed by atoms with van der Waals surface area (Å²) >= 11 is 0. The molecule has 0 spiro atoms. The number of hydrogen-bond donors (Lipinski definition) is 4. The molecule has 1 unspecified atom stereocenters. The lowest BCUT2D eigenvalue weighted by Crippen LogP contribution is -2.54. The molecule has 7 nitrogen and oxygen atoms in total. The zero-order valence-electron chi connectivity index (χ0n) is 13.0. The first-order valence-electron chi connectivity index (χ1n) is 6.68. The van der Waals surface area contributed by atoms with Crippen molar-refractivity contribution in [1.82, 2.24) is 5.32 Å². The van der Waals surface area contributed by atoms with Gasteiger partial charge in [0.05, 0.1) is 0 Å². The summed E-state index contributed by atoms with van der Waals surface area (Å²) < 4.78 is 5.06. The van der Waals surface area contributed by atoms with Gasteiger partial charge in [-0.3, -0.25) is 0 Å². The van der Waals surface area contributed by atoms with Crippen LogP contribution in [0.25, 0.3) is 0 Å². The number of ether oxygens (including phenoxy) is 1. The van der Waals surface area contributed by atoms with Gasteiger partial charge in [-0.25, -0.2) is 9.59 Å². The van der Waals surface area contributed by atoms with Crippen LogP contribution >= 0.6 is 0 Å². The predicted octanol–water partition coefficient (Wildman–Crippen LogP) is 2.01. The average Bonchev–Trinajstić information content (AvgIpc) is 2.31. The molecule has 1 aromatic rings. The maximum Gasteiger partial charge on any atom is 0.408 e. The lowest BCUT2D eigenvalue weighted by atomic mass is 9.93. The largest absolute Gasteiger partial charge is 0.504 e. The number of carbonyl (C=O) groups excluding carboxylic acids is 1. The van der Waals surface area contributed by atoms with E-state index in [-0.39, 0.29) is 17.9 Å². The Bertz CT molecular complexity index is 578. The standard InChI is InChI=1S/C15H21NO6/c1-14(2,3)22-13(21)16-15(4,12(19)20)8-9-5-6-10(17)11(18)7-9/h5-7,17-18H,8H2,1-4H3,(H,16,21)(H,19,20). The highest BCUT2D eigenvalue weighted by molar-refractivity contribution is 5.84. The topological polar surface area (TPSA) is 116 Å². The number of rotatable bonds is 4. The lowest BCUT2D eigenvalue weighted by molar-refractivity contribution is -0.144. The van der Waals surface area contributed by atoms with Gasteiger partial charge >= 0.3 is 12.1 Å². The van der Waals surface area contributed by atoms with Crippen molar-refractivity contribution >= 4 is 12.1 Å². The average molecular weight is 311 g/mol. The third kappa shape index (κ3) is 4.83. The van der Waals surface area contributed by atoms with Crippen LogP contribution in [-0.4, -0.2) is 38.5 Å². The third-order valence-electron chi connectivity index (χ3n) is 2.85. The predicted molar refractivity (Wildman–Crippen MR) is 78.9 cm³/mol. The summed E-state index contributed by atoms with van der Waals surface area (Å²) in [7, 11) is 0. The van der Waals surface area contributed by atoms with Crippen LogP contribution in [0.3, 0.4) is 0 Å². The minimum Gasteiger partial charge on any atom is -0.504 e. The smallest absolute Gasteiger partial charge is 0.408 e. The monoisotopic (exact) mass is 311 g/mol. The molecule has 0 aliphatic heterocycles. The fraction of sp³-hybridized carbons (Fsp3) is 0.467. The number of amides is 1. The molecular weight excluding hydrogens is 290 g/mol. The van der Waals surface area contributed by atoms with Gasteiger partial charge in [0.15, 0.2) is 11.5 Å². The molecule has 0 radical (unpaired) electrons. The van der Waals surface area contributed by atoms with Crippen molar-refractivity contribution in [3.05, 3.63) is 23.8 Å². The van der Waals surface area contributed by atoms with Crippen LogP contribution in [0.15, 0.2) is 18.2 Å². The molecular formula is C15H21NO6. The molecule has 0 bridgehead atoms. The highest BCUT2D eigenvalue weighted by Gasteiger charge is 2.36. The summed E-state index contributed by atoms with van der Waals surface area (Å²) in [4.78, 5) is 23.3. The van der Waals surface area contributed by atoms with E-state index in [2.05, 4.69) is 5.32 Å². The van der Waals surface area contributed by atoms with E-state index in [0.29, 0.717) is 5.56 Å². The molecule has 0 saturated heterocycles. The van der Waals surface area contributed by atoms with E-state index in [0.717, 1.165) is 0 Å². The van der Waals surface area contributed by atoms with Crippen LogP contribution in [0.1, 0.15) is 33.3 Å². The Balaban J connectivity index is 2.93. The van der Waals surface area contributed by atoms with Crippen LogP contribution in [0, 0.1) is 0 Å². The van der Waals surface area contributed by atoms with Gasteiger partial charge in [-0.05, 0) is 45.4 Å². The van der Waals surface area contributed by atoms with Gasteiger partial charge in [0.25, 0.3) is 0 Å². The zero-order valence-corrected chi connectivity index (χ0v) is 13.0. The normalized spacial score (nSPS) is 14.0. The molecule has 22 heavy (non-hydrogen) atoms. The Hall–Kier alpha value is -2.44. The van der Waals surface area contributed by atoms with E-state index in [1.807, 2.05) is 0 Å². The van der Waals surface area contributed by atoms with Gasteiger partial charge in [-0.2, -0.15) is 0 Å². The fourth-order valence-corrected chi connectivity index (χ4v) is 1.79. The maximum absolute atomic E-state index is 11.8.